The zero-order valence-corrected chi connectivity index (χ0v) is 15.1. The first-order chi connectivity index (χ1) is 13.0. The van der Waals surface area contributed by atoms with Crippen LogP contribution in [0.2, 0.25) is 0 Å². The Morgan fingerprint density at radius 1 is 1.44 bits per heavy atom. The molecule has 27 heavy (non-hydrogen) atoms. The highest BCUT2D eigenvalue weighted by atomic mass is 19.1. The van der Waals surface area contributed by atoms with E-state index >= 15 is 0 Å². The van der Waals surface area contributed by atoms with Crippen molar-refractivity contribution in [1.82, 2.24) is 10.4 Å². The van der Waals surface area contributed by atoms with Crippen molar-refractivity contribution in [2.24, 2.45) is 5.10 Å². The highest BCUT2D eigenvalue weighted by molar-refractivity contribution is 5.90. The number of rotatable bonds is 6. The molecule has 1 amide bonds. The molecule has 2 aromatic rings. The standard InChI is InChI=1S/C19H21FN4O3/c1-12(2)23-22-9-14-4-3-13(8-21-14)17-6-5-15(7-18(17)20)24-10-16(11-25)27-19(24)26/h3-9,12,16,23,25H,10-11H2,1-2H3/b22-9+/t16-/m1/s1. The van der Waals surface area contributed by atoms with Crippen LogP contribution in [0.15, 0.2) is 41.6 Å². The van der Waals surface area contributed by atoms with E-state index in [1.807, 2.05) is 13.8 Å². The average Bonchev–Trinajstić information content (AvgIpc) is 3.03. The maximum absolute atomic E-state index is 14.6. The SMILES string of the molecule is CC(C)N/N=C/c1ccc(-c2ccc(N3C[C@H](CO)OC3=O)cc2F)cn1. The number of nitrogens with one attached hydrogen (secondary N) is 1. The fourth-order valence-electron chi connectivity index (χ4n) is 2.63. The molecule has 2 heterocycles. The summed E-state index contributed by atoms with van der Waals surface area (Å²) in [6, 6.07) is 8.24. The van der Waals surface area contributed by atoms with E-state index in [1.54, 1.807) is 36.7 Å². The van der Waals surface area contributed by atoms with Gasteiger partial charge in [0, 0.05) is 23.4 Å². The molecular formula is C19H21FN4O3. The Morgan fingerprint density at radius 2 is 2.26 bits per heavy atom. The van der Waals surface area contributed by atoms with Gasteiger partial charge < -0.3 is 15.3 Å². The molecule has 1 aromatic carbocycles. The Labute approximate surface area is 156 Å². The first kappa shape index (κ1) is 18.8. The third-order valence-corrected chi connectivity index (χ3v) is 3.97. The van der Waals surface area contributed by atoms with Crippen LogP contribution in [-0.2, 0) is 4.74 Å². The number of hydrazone groups is 1. The number of nitrogens with zero attached hydrogens (tertiary/aromatic N) is 3. The molecule has 0 bridgehead atoms. The fraction of sp³-hybridized carbons (Fsp3) is 0.316. The Kier molecular flexibility index (Phi) is 5.66. The van der Waals surface area contributed by atoms with Crippen LogP contribution >= 0.6 is 0 Å². The first-order valence-electron chi connectivity index (χ1n) is 8.61. The number of pyridine rings is 1. The first-order valence-corrected chi connectivity index (χ1v) is 8.61. The van der Waals surface area contributed by atoms with E-state index < -0.39 is 18.0 Å². The number of halogens is 1. The Balaban J connectivity index is 1.76. The highest BCUT2D eigenvalue weighted by Gasteiger charge is 2.32. The maximum atomic E-state index is 14.6. The summed E-state index contributed by atoms with van der Waals surface area (Å²) in [7, 11) is 0. The third kappa shape index (κ3) is 4.40. The van der Waals surface area contributed by atoms with E-state index in [9.17, 15) is 9.18 Å². The van der Waals surface area contributed by atoms with Crippen molar-refractivity contribution in [3.8, 4) is 11.1 Å². The second kappa shape index (κ2) is 8.13. The number of aliphatic hydroxyl groups is 1. The van der Waals surface area contributed by atoms with Crippen molar-refractivity contribution in [1.29, 1.82) is 0 Å². The molecule has 7 nitrogen and oxygen atoms in total. The van der Waals surface area contributed by atoms with Crippen LogP contribution in [0.4, 0.5) is 14.9 Å². The second-order valence-corrected chi connectivity index (χ2v) is 6.48. The van der Waals surface area contributed by atoms with Crippen LogP contribution in [0.1, 0.15) is 19.5 Å². The minimum atomic E-state index is -0.596. The van der Waals surface area contributed by atoms with Gasteiger partial charge in [-0.15, -0.1) is 0 Å². The summed E-state index contributed by atoms with van der Waals surface area (Å²) in [6.07, 6.45) is 1.98. The van der Waals surface area contributed by atoms with Crippen LogP contribution in [0.3, 0.4) is 0 Å². The molecule has 1 fully saturated rings. The minimum absolute atomic E-state index is 0.189. The van der Waals surface area contributed by atoms with Gasteiger partial charge in [0.2, 0.25) is 0 Å². The average molecular weight is 372 g/mol. The van der Waals surface area contributed by atoms with E-state index in [0.29, 0.717) is 22.5 Å². The number of aromatic nitrogens is 1. The molecule has 0 aliphatic carbocycles. The number of hydrogen-bond acceptors (Lipinski definition) is 6. The molecule has 1 aromatic heterocycles. The second-order valence-electron chi connectivity index (χ2n) is 6.48. The van der Waals surface area contributed by atoms with Gasteiger partial charge in [0.05, 0.1) is 30.7 Å². The van der Waals surface area contributed by atoms with Crippen LogP contribution in [-0.4, -0.2) is 47.7 Å². The largest absolute Gasteiger partial charge is 0.441 e. The van der Waals surface area contributed by atoms with E-state index in [2.05, 4.69) is 15.5 Å². The monoisotopic (exact) mass is 372 g/mol. The van der Waals surface area contributed by atoms with Crippen LogP contribution in [0.25, 0.3) is 11.1 Å². The van der Waals surface area contributed by atoms with E-state index in [0.717, 1.165) is 0 Å². The van der Waals surface area contributed by atoms with Crippen molar-refractivity contribution in [3.05, 3.63) is 48.0 Å². The summed E-state index contributed by atoms with van der Waals surface area (Å²) in [5.41, 5.74) is 4.93. The van der Waals surface area contributed by atoms with Crippen molar-refractivity contribution in [2.75, 3.05) is 18.1 Å². The van der Waals surface area contributed by atoms with Crippen LogP contribution < -0.4 is 10.3 Å². The predicted octanol–water partition coefficient (Wildman–Crippen LogP) is 2.54. The number of benzene rings is 1. The van der Waals surface area contributed by atoms with Crippen molar-refractivity contribution < 1.29 is 19.0 Å². The summed E-state index contributed by atoms with van der Waals surface area (Å²) < 4.78 is 19.6. The molecule has 1 aliphatic rings. The Morgan fingerprint density at radius 3 is 2.85 bits per heavy atom. The summed E-state index contributed by atoms with van der Waals surface area (Å²) in [6.45, 7) is 3.88. The Hall–Kier alpha value is -3.00. The topological polar surface area (TPSA) is 87.0 Å². The molecule has 0 radical (unpaired) electrons. The quantitative estimate of drug-likeness (QED) is 0.601. The van der Waals surface area contributed by atoms with Gasteiger partial charge in [-0.25, -0.2) is 9.18 Å². The molecular weight excluding hydrogens is 351 g/mol. The number of cyclic esters (lactones) is 1. The molecule has 3 rings (SSSR count). The lowest BCUT2D eigenvalue weighted by Crippen LogP contribution is -2.25. The highest BCUT2D eigenvalue weighted by Crippen LogP contribution is 2.28. The molecule has 0 unspecified atom stereocenters. The molecule has 1 atom stereocenters. The van der Waals surface area contributed by atoms with Crippen molar-refractivity contribution in [2.45, 2.75) is 26.0 Å². The van der Waals surface area contributed by atoms with E-state index in [4.69, 9.17) is 9.84 Å². The molecule has 2 N–H and O–H groups in total. The molecule has 1 saturated heterocycles. The zero-order valence-electron chi connectivity index (χ0n) is 15.1. The lowest BCUT2D eigenvalue weighted by molar-refractivity contribution is 0.0963. The summed E-state index contributed by atoms with van der Waals surface area (Å²) in [5, 5.41) is 13.2. The van der Waals surface area contributed by atoms with Crippen molar-refractivity contribution in [3.63, 3.8) is 0 Å². The van der Waals surface area contributed by atoms with Gasteiger partial charge >= 0.3 is 6.09 Å². The van der Waals surface area contributed by atoms with Gasteiger partial charge in [-0.3, -0.25) is 9.88 Å². The van der Waals surface area contributed by atoms with Gasteiger partial charge in [0.25, 0.3) is 0 Å². The fourth-order valence-corrected chi connectivity index (χ4v) is 2.63. The maximum Gasteiger partial charge on any atom is 0.414 e. The number of carbonyl (C=O) groups excluding carboxylic acids is 1. The smallest absolute Gasteiger partial charge is 0.414 e. The van der Waals surface area contributed by atoms with E-state index in [-0.39, 0.29) is 19.2 Å². The lowest BCUT2D eigenvalue weighted by atomic mass is 10.1. The number of hydrogen-bond donors (Lipinski definition) is 2. The van der Waals surface area contributed by atoms with Crippen LogP contribution in [0.5, 0.6) is 0 Å². The molecule has 142 valence electrons. The van der Waals surface area contributed by atoms with Gasteiger partial charge in [-0.1, -0.05) is 6.07 Å². The van der Waals surface area contributed by atoms with Crippen LogP contribution in [0, 0.1) is 5.82 Å². The summed E-state index contributed by atoms with van der Waals surface area (Å²) in [5.74, 6) is -0.475. The summed E-state index contributed by atoms with van der Waals surface area (Å²) in [4.78, 5) is 17.4. The molecule has 1 aliphatic heterocycles. The number of amides is 1. The van der Waals surface area contributed by atoms with Crippen molar-refractivity contribution >= 4 is 18.0 Å². The Bertz CT molecular complexity index is 839. The predicted molar refractivity (Wildman–Crippen MR) is 100 cm³/mol. The molecule has 0 saturated carbocycles. The zero-order chi connectivity index (χ0) is 19.4. The normalized spacial score (nSPS) is 17.0. The molecule has 8 heteroatoms. The van der Waals surface area contributed by atoms with E-state index in [1.165, 1.54) is 11.0 Å². The number of ether oxygens (including phenoxy) is 1. The van der Waals surface area contributed by atoms with Gasteiger partial charge in [0.15, 0.2) is 0 Å². The number of aliphatic hydroxyl groups excluding tert-OH is 1. The van der Waals surface area contributed by atoms with Gasteiger partial charge in [-0.05, 0) is 38.1 Å². The lowest BCUT2D eigenvalue weighted by Gasteiger charge is -2.14. The summed E-state index contributed by atoms with van der Waals surface area (Å²) >= 11 is 0. The number of anilines is 1. The minimum Gasteiger partial charge on any atom is -0.441 e. The third-order valence-electron chi connectivity index (χ3n) is 3.97. The van der Waals surface area contributed by atoms with Gasteiger partial charge in [-0.2, -0.15) is 5.10 Å². The molecule has 0 spiro atoms. The number of carbonyl (C=O) groups is 1. The van der Waals surface area contributed by atoms with Gasteiger partial charge in [0.1, 0.15) is 11.9 Å².